The molecule has 2 unspecified atom stereocenters. The Bertz CT molecular complexity index is 470. The lowest BCUT2D eigenvalue weighted by molar-refractivity contribution is 0.159. The lowest BCUT2D eigenvalue weighted by atomic mass is 9.99. The van der Waals surface area contributed by atoms with Crippen LogP contribution >= 0.6 is 8.60 Å². The fourth-order valence-electron chi connectivity index (χ4n) is 2.16. The molecule has 3 nitrogen and oxygen atoms in total. The second-order valence-electron chi connectivity index (χ2n) is 4.28. The lowest BCUT2D eigenvalue weighted by Gasteiger charge is -2.16. The Balaban J connectivity index is 1.92. The van der Waals surface area contributed by atoms with Gasteiger partial charge in [0, 0.05) is 7.11 Å². The van der Waals surface area contributed by atoms with Gasteiger partial charge in [-0.25, -0.2) is 0 Å². The molecule has 0 amide bonds. The van der Waals surface area contributed by atoms with E-state index in [1.54, 1.807) is 7.11 Å². The minimum atomic E-state index is -1.27. The summed E-state index contributed by atoms with van der Waals surface area (Å²) in [7, 11) is 0.343. The molecule has 1 aliphatic heterocycles. The number of hydrogen-bond donors (Lipinski definition) is 0. The van der Waals surface area contributed by atoms with Gasteiger partial charge < -0.3 is 13.6 Å². The van der Waals surface area contributed by atoms with Crippen LogP contribution in [0.5, 0.6) is 0 Å². The van der Waals surface area contributed by atoms with Crippen molar-refractivity contribution in [2.75, 3.05) is 7.11 Å². The summed E-state index contributed by atoms with van der Waals surface area (Å²) in [4.78, 5) is 0. The van der Waals surface area contributed by atoms with Gasteiger partial charge >= 0.3 is 8.60 Å². The second kappa shape index (κ2) is 5.81. The molecule has 0 bridgehead atoms. The van der Waals surface area contributed by atoms with E-state index in [1.807, 2.05) is 36.4 Å². The summed E-state index contributed by atoms with van der Waals surface area (Å²) in [5.74, 6) is 0. The van der Waals surface area contributed by atoms with Gasteiger partial charge in [-0.3, -0.25) is 0 Å². The maximum atomic E-state index is 5.88. The van der Waals surface area contributed by atoms with Crippen molar-refractivity contribution in [1.82, 2.24) is 0 Å². The van der Waals surface area contributed by atoms with E-state index in [-0.39, 0.29) is 12.2 Å². The molecule has 0 aliphatic carbocycles. The Kier molecular flexibility index (Phi) is 3.90. The minimum absolute atomic E-state index is 0.116. The first kappa shape index (κ1) is 12.8. The first-order valence-electron chi connectivity index (χ1n) is 6.16. The highest BCUT2D eigenvalue weighted by Crippen LogP contribution is 2.59. The van der Waals surface area contributed by atoms with E-state index in [2.05, 4.69) is 24.3 Å². The third-order valence-corrected chi connectivity index (χ3v) is 4.18. The van der Waals surface area contributed by atoms with Crippen molar-refractivity contribution in [1.29, 1.82) is 0 Å². The Morgan fingerprint density at radius 2 is 1.21 bits per heavy atom. The second-order valence-corrected chi connectivity index (χ2v) is 5.51. The molecule has 1 heterocycles. The fraction of sp³-hybridized carbons (Fsp3) is 0.200. The van der Waals surface area contributed by atoms with Gasteiger partial charge in [0.15, 0.2) is 0 Å². The third-order valence-electron chi connectivity index (χ3n) is 3.08. The molecule has 0 N–H and O–H groups in total. The average Bonchev–Trinajstić information content (AvgIpc) is 2.93. The molecule has 2 aromatic carbocycles. The van der Waals surface area contributed by atoms with Gasteiger partial charge in [-0.2, -0.15) is 0 Å². The van der Waals surface area contributed by atoms with Crippen molar-refractivity contribution < 1.29 is 13.6 Å². The summed E-state index contributed by atoms with van der Waals surface area (Å²) in [5, 5.41) is 0. The van der Waals surface area contributed by atoms with E-state index in [0.29, 0.717) is 0 Å². The molecule has 98 valence electrons. The summed E-state index contributed by atoms with van der Waals surface area (Å²) in [6.45, 7) is 0. The van der Waals surface area contributed by atoms with E-state index < -0.39 is 8.60 Å². The Labute approximate surface area is 114 Å². The number of rotatable bonds is 3. The van der Waals surface area contributed by atoms with Crippen molar-refractivity contribution in [3.8, 4) is 0 Å². The molecule has 1 fully saturated rings. The van der Waals surface area contributed by atoms with Crippen LogP contribution in [-0.2, 0) is 13.6 Å². The van der Waals surface area contributed by atoms with Crippen LogP contribution in [0.1, 0.15) is 23.3 Å². The molecule has 4 heteroatoms. The number of benzene rings is 2. The van der Waals surface area contributed by atoms with Crippen molar-refractivity contribution in [3.63, 3.8) is 0 Å². The summed E-state index contributed by atoms with van der Waals surface area (Å²) in [6.07, 6.45) is -0.232. The SMILES string of the molecule is COP1OC(c2ccccc2)C(c2ccccc2)O1. The largest absolute Gasteiger partial charge is 0.333 e. The van der Waals surface area contributed by atoms with Crippen LogP contribution in [0, 0.1) is 0 Å². The predicted molar refractivity (Wildman–Crippen MR) is 74.5 cm³/mol. The van der Waals surface area contributed by atoms with Gasteiger partial charge in [-0.05, 0) is 11.1 Å². The molecule has 0 spiro atoms. The highest BCUT2D eigenvalue weighted by Gasteiger charge is 2.39. The van der Waals surface area contributed by atoms with E-state index in [0.717, 1.165) is 11.1 Å². The summed E-state index contributed by atoms with van der Waals surface area (Å²) < 4.78 is 17.0. The zero-order chi connectivity index (χ0) is 13.1. The quantitative estimate of drug-likeness (QED) is 0.777. The van der Waals surface area contributed by atoms with Gasteiger partial charge in [0.25, 0.3) is 0 Å². The molecule has 2 aromatic rings. The van der Waals surface area contributed by atoms with Crippen LogP contribution in [0.4, 0.5) is 0 Å². The normalized spacial score (nSPS) is 26.5. The Morgan fingerprint density at radius 1 is 0.789 bits per heavy atom. The summed E-state index contributed by atoms with van der Waals surface area (Å²) >= 11 is 0. The van der Waals surface area contributed by atoms with Crippen molar-refractivity contribution in [2.45, 2.75) is 12.2 Å². The minimum Gasteiger partial charge on any atom is -0.316 e. The van der Waals surface area contributed by atoms with Crippen molar-refractivity contribution in [2.24, 2.45) is 0 Å². The average molecular weight is 274 g/mol. The summed E-state index contributed by atoms with van der Waals surface area (Å²) in [6, 6.07) is 20.2. The zero-order valence-corrected chi connectivity index (χ0v) is 11.5. The van der Waals surface area contributed by atoms with Gasteiger partial charge in [0.1, 0.15) is 12.2 Å². The van der Waals surface area contributed by atoms with Crippen LogP contribution < -0.4 is 0 Å². The topological polar surface area (TPSA) is 27.7 Å². The molecule has 2 atom stereocenters. The molecule has 0 aromatic heterocycles. The van der Waals surface area contributed by atoms with Crippen LogP contribution in [0.3, 0.4) is 0 Å². The first-order chi connectivity index (χ1) is 9.38. The van der Waals surface area contributed by atoms with Crippen molar-refractivity contribution in [3.05, 3.63) is 71.8 Å². The Morgan fingerprint density at radius 3 is 1.58 bits per heavy atom. The van der Waals surface area contributed by atoms with E-state index in [9.17, 15) is 0 Å². The predicted octanol–water partition coefficient (Wildman–Crippen LogP) is 4.39. The van der Waals surface area contributed by atoms with Gasteiger partial charge in [-0.15, -0.1) is 0 Å². The molecule has 1 saturated heterocycles. The molecular formula is C15H15O3P. The molecule has 3 rings (SSSR count). The lowest BCUT2D eigenvalue weighted by Crippen LogP contribution is -2.06. The van der Waals surface area contributed by atoms with Gasteiger partial charge in [0.2, 0.25) is 0 Å². The molecular weight excluding hydrogens is 259 g/mol. The monoisotopic (exact) mass is 274 g/mol. The third kappa shape index (κ3) is 2.70. The number of hydrogen-bond acceptors (Lipinski definition) is 3. The van der Waals surface area contributed by atoms with Crippen LogP contribution in [0.15, 0.2) is 60.7 Å². The van der Waals surface area contributed by atoms with Gasteiger partial charge in [0.05, 0.1) is 0 Å². The first-order valence-corrected chi connectivity index (χ1v) is 7.25. The van der Waals surface area contributed by atoms with Crippen LogP contribution in [0.25, 0.3) is 0 Å². The summed E-state index contributed by atoms with van der Waals surface area (Å²) in [5.41, 5.74) is 2.22. The maximum absolute atomic E-state index is 5.88. The molecule has 0 radical (unpaired) electrons. The smallest absolute Gasteiger partial charge is 0.316 e. The van der Waals surface area contributed by atoms with Crippen LogP contribution in [0.2, 0.25) is 0 Å². The molecule has 0 saturated carbocycles. The van der Waals surface area contributed by atoms with Crippen molar-refractivity contribution >= 4 is 8.60 Å². The highest BCUT2D eigenvalue weighted by molar-refractivity contribution is 7.41. The van der Waals surface area contributed by atoms with E-state index in [4.69, 9.17) is 13.6 Å². The fourth-order valence-corrected chi connectivity index (χ4v) is 3.22. The van der Waals surface area contributed by atoms with Gasteiger partial charge in [-0.1, -0.05) is 60.7 Å². The van der Waals surface area contributed by atoms with E-state index >= 15 is 0 Å². The van der Waals surface area contributed by atoms with E-state index in [1.165, 1.54) is 0 Å². The standard InChI is InChI=1S/C15H15O3P/c1-16-19-17-14(12-8-4-2-5-9-12)15(18-19)13-10-6-3-7-11-13/h2-11,14-15H,1H3. The molecule has 1 aliphatic rings. The van der Waals surface area contributed by atoms with Crippen LogP contribution in [-0.4, -0.2) is 7.11 Å². The maximum Gasteiger partial charge on any atom is 0.333 e. The molecule has 19 heavy (non-hydrogen) atoms. The highest BCUT2D eigenvalue weighted by atomic mass is 31.2. The Hall–Kier alpha value is -1.25. The zero-order valence-electron chi connectivity index (χ0n) is 10.6.